The molecule has 0 amide bonds. The van der Waals surface area contributed by atoms with Gasteiger partial charge >= 0.3 is 11.6 Å². The van der Waals surface area contributed by atoms with Crippen LogP contribution in [0.2, 0.25) is 5.02 Å². The minimum Gasteiger partial charge on any atom is -0.397 e. The zero-order valence-corrected chi connectivity index (χ0v) is 10.5. The fraction of sp³-hybridized carbons (Fsp3) is 0. The Morgan fingerprint density at radius 1 is 1.35 bits per heavy atom. The third-order valence-electron chi connectivity index (χ3n) is 1.79. The summed E-state index contributed by atoms with van der Waals surface area (Å²) >= 11 is 4.98. The van der Waals surface area contributed by atoms with Gasteiger partial charge in [-0.1, -0.05) is 11.6 Å². The monoisotopic (exact) mass is 295 g/mol. The molecule has 2 rings (SSSR count). The summed E-state index contributed by atoms with van der Waals surface area (Å²) in [5, 5.41) is 2.98. The van der Waals surface area contributed by atoms with Gasteiger partial charge in [-0.2, -0.15) is 16.8 Å². The largest absolute Gasteiger partial charge is 0.397 e. The van der Waals surface area contributed by atoms with Crippen molar-refractivity contribution < 1.29 is 16.8 Å². The Hall–Kier alpha value is -1.45. The molecule has 92 valence electrons. The summed E-state index contributed by atoms with van der Waals surface area (Å²) in [5.41, 5.74) is 6.09. The molecule has 0 aliphatic carbocycles. The Morgan fingerprint density at radius 3 is 2.53 bits per heavy atom. The van der Waals surface area contributed by atoms with Gasteiger partial charge in [0.1, 0.15) is 11.2 Å². The molecule has 10 heteroatoms. The normalized spacial score (nSPS) is 14.9. The highest BCUT2D eigenvalue weighted by molar-refractivity contribution is 7.90. The van der Waals surface area contributed by atoms with Crippen LogP contribution in [0.25, 0.3) is 0 Å². The zero-order valence-electron chi connectivity index (χ0n) is 8.08. The second kappa shape index (κ2) is 5.25. The molecule has 0 saturated carbocycles. The van der Waals surface area contributed by atoms with E-state index in [-0.39, 0.29) is 10.6 Å². The van der Waals surface area contributed by atoms with E-state index >= 15 is 0 Å². The van der Waals surface area contributed by atoms with E-state index < -0.39 is 21.6 Å². The lowest BCUT2D eigenvalue weighted by atomic mass is 10.3. The third-order valence-corrected chi connectivity index (χ3v) is 3.39. The van der Waals surface area contributed by atoms with Crippen molar-refractivity contribution in [2.45, 2.75) is 4.90 Å². The number of hydrogen-bond donors (Lipinski definition) is 2. The highest BCUT2D eigenvalue weighted by Gasteiger charge is 2.21. The van der Waals surface area contributed by atoms with Crippen molar-refractivity contribution in [1.29, 1.82) is 0 Å². The van der Waals surface area contributed by atoms with Gasteiger partial charge in [0.25, 0.3) is 10.0 Å². The molecule has 0 fully saturated rings. The van der Waals surface area contributed by atoms with Gasteiger partial charge in [0.15, 0.2) is 0 Å². The van der Waals surface area contributed by atoms with Crippen LogP contribution in [0.3, 0.4) is 0 Å². The lowest BCUT2D eigenvalue weighted by Gasteiger charge is -2.13. The fourth-order valence-electron chi connectivity index (χ4n) is 1.12. The van der Waals surface area contributed by atoms with Crippen molar-refractivity contribution in [2.24, 2.45) is 4.40 Å². The van der Waals surface area contributed by atoms with Crippen LogP contribution in [-0.2, 0) is 21.6 Å². The number of hydrogen-bond acceptors (Lipinski definition) is 6. The molecule has 0 atom stereocenters. The number of sulfonamides is 1. The lowest BCUT2D eigenvalue weighted by molar-refractivity contribution is 0.598. The number of anilines is 2. The molecule has 17 heavy (non-hydrogen) atoms. The summed E-state index contributed by atoms with van der Waals surface area (Å²) in [6.07, 6.45) is 1.10. The van der Waals surface area contributed by atoms with Gasteiger partial charge < -0.3 is 11.1 Å². The molecule has 7 nitrogen and oxygen atoms in total. The number of nitrogens with two attached hydrogens (primary N) is 1. The molecule has 1 aliphatic rings. The number of fused-ring (bicyclic) bond motifs is 1. The number of nitrogen functional groups attached to an aromatic ring is 1. The van der Waals surface area contributed by atoms with Gasteiger partial charge in [-0.15, -0.1) is 4.40 Å². The van der Waals surface area contributed by atoms with Gasteiger partial charge in [0.2, 0.25) is 0 Å². The minimum atomic E-state index is -3.61. The minimum absolute atomic E-state index is 0.0434. The van der Waals surface area contributed by atoms with Gasteiger partial charge in [0.05, 0.1) is 16.4 Å². The quantitative estimate of drug-likeness (QED) is 0.668. The highest BCUT2D eigenvalue weighted by atomic mass is 35.5. The molecule has 0 spiro atoms. The Morgan fingerprint density at radius 2 is 1.94 bits per heavy atom. The Balaban J connectivity index is 0.000000437. The van der Waals surface area contributed by atoms with Crippen LogP contribution in [0.1, 0.15) is 0 Å². The van der Waals surface area contributed by atoms with Gasteiger partial charge in [-0.3, -0.25) is 0 Å². The second-order valence-electron chi connectivity index (χ2n) is 2.79. The molecule has 1 aliphatic heterocycles. The van der Waals surface area contributed by atoms with Crippen LogP contribution < -0.4 is 11.1 Å². The predicted octanol–water partition coefficient (Wildman–Crippen LogP) is 0.395. The summed E-state index contributed by atoms with van der Waals surface area (Å²) in [6.45, 7) is 0. The standard InChI is InChI=1S/C7H6ClN3O2S.O2S/c8-4-1-6-7(2-5(4)9)14(12,13)11-3-10-6;1-3-2/h1-3H,9H2,(H,10,11);. The van der Waals surface area contributed by atoms with Crippen molar-refractivity contribution in [3.05, 3.63) is 17.2 Å². The maximum Gasteiger partial charge on any atom is 0.335 e. The van der Waals surface area contributed by atoms with Crippen molar-refractivity contribution in [3.63, 3.8) is 0 Å². The van der Waals surface area contributed by atoms with E-state index in [9.17, 15) is 8.42 Å². The maximum atomic E-state index is 11.4. The van der Waals surface area contributed by atoms with E-state index in [1.54, 1.807) is 0 Å². The van der Waals surface area contributed by atoms with E-state index in [0.717, 1.165) is 6.34 Å². The topological polar surface area (TPSA) is 119 Å². The van der Waals surface area contributed by atoms with Crippen molar-refractivity contribution >= 4 is 50.9 Å². The Labute approximate surface area is 105 Å². The first kappa shape index (κ1) is 13.6. The molecule has 0 aromatic heterocycles. The zero-order chi connectivity index (χ0) is 13.1. The van der Waals surface area contributed by atoms with E-state index in [1.165, 1.54) is 12.1 Å². The maximum absolute atomic E-state index is 11.4. The second-order valence-corrected chi connectivity index (χ2v) is 4.94. The van der Waals surface area contributed by atoms with Crippen molar-refractivity contribution in [3.8, 4) is 0 Å². The number of nitrogens with one attached hydrogen (secondary N) is 1. The first-order valence-corrected chi connectivity index (χ1v) is 6.47. The van der Waals surface area contributed by atoms with E-state index in [2.05, 4.69) is 9.71 Å². The fourth-order valence-corrected chi connectivity index (χ4v) is 2.26. The number of rotatable bonds is 0. The highest BCUT2D eigenvalue weighted by Crippen LogP contribution is 2.32. The molecular weight excluding hydrogens is 290 g/mol. The first-order valence-electron chi connectivity index (χ1n) is 3.98. The van der Waals surface area contributed by atoms with Gasteiger partial charge in [-0.25, -0.2) is 0 Å². The van der Waals surface area contributed by atoms with Crippen LogP contribution in [0.5, 0.6) is 0 Å². The first-order chi connectivity index (χ1) is 7.92. The van der Waals surface area contributed by atoms with Crippen LogP contribution in [-0.4, -0.2) is 23.2 Å². The van der Waals surface area contributed by atoms with Gasteiger partial charge in [0, 0.05) is 0 Å². The summed E-state index contributed by atoms with van der Waals surface area (Å²) in [4.78, 5) is 0.0434. The Kier molecular flexibility index (Phi) is 4.21. The number of benzene rings is 1. The van der Waals surface area contributed by atoms with Crippen LogP contribution in [0.15, 0.2) is 21.4 Å². The molecule has 0 saturated heterocycles. The van der Waals surface area contributed by atoms with Crippen LogP contribution in [0, 0.1) is 0 Å². The van der Waals surface area contributed by atoms with E-state index in [0.29, 0.717) is 10.7 Å². The SMILES string of the molecule is Nc1cc2c(cc1Cl)NC=NS2(=O)=O.O=S=O. The smallest absolute Gasteiger partial charge is 0.335 e. The predicted molar refractivity (Wildman–Crippen MR) is 64.1 cm³/mol. The van der Waals surface area contributed by atoms with Gasteiger partial charge in [-0.05, 0) is 12.1 Å². The molecule has 0 radical (unpaired) electrons. The lowest BCUT2D eigenvalue weighted by Crippen LogP contribution is -2.11. The molecule has 3 N–H and O–H groups in total. The molecule has 1 aromatic carbocycles. The van der Waals surface area contributed by atoms with Crippen molar-refractivity contribution in [2.75, 3.05) is 11.1 Å². The average molecular weight is 296 g/mol. The molecule has 1 aromatic rings. The summed E-state index contributed by atoms with van der Waals surface area (Å²) < 4.78 is 42.7. The molecule has 0 unspecified atom stereocenters. The Bertz CT molecular complexity index is 608. The summed E-state index contributed by atoms with van der Waals surface area (Å²) in [7, 11) is -3.61. The van der Waals surface area contributed by atoms with E-state index in [1.807, 2.05) is 0 Å². The number of halogens is 1. The van der Waals surface area contributed by atoms with Crippen molar-refractivity contribution in [1.82, 2.24) is 0 Å². The molecular formula is C7H6ClN3O4S2. The van der Waals surface area contributed by atoms with Crippen LogP contribution in [0.4, 0.5) is 11.4 Å². The average Bonchev–Trinajstić information content (AvgIpc) is 2.22. The molecule has 0 bridgehead atoms. The third kappa shape index (κ3) is 3.02. The number of nitrogens with zero attached hydrogens (tertiary/aromatic N) is 1. The molecule has 1 heterocycles. The summed E-state index contributed by atoms with van der Waals surface area (Å²) in [6, 6.07) is 2.74. The van der Waals surface area contributed by atoms with E-state index in [4.69, 9.17) is 25.8 Å². The summed E-state index contributed by atoms with van der Waals surface area (Å²) in [5.74, 6) is 0. The van der Waals surface area contributed by atoms with Crippen LogP contribution >= 0.6 is 11.6 Å².